The van der Waals surface area contributed by atoms with Crippen LogP contribution >= 0.6 is 15.9 Å². The van der Waals surface area contributed by atoms with E-state index in [9.17, 15) is 0 Å². The van der Waals surface area contributed by atoms with Crippen LogP contribution in [0.2, 0.25) is 0 Å². The van der Waals surface area contributed by atoms with Crippen molar-refractivity contribution in [3.63, 3.8) is 0 Å². The molecular formula is C7H11Br. The van der Waals surface area contributed by atoms with Crippen molar-refractivity contribution in [3.05, 3.63) is 0 Å². The monoisotopic (exact) mass is 174 g/mol. The van der Waals surface area contributed by atoms with Gasteiger partial charge in [-0.15, -0.1) is 0 Å². The molecule has 0 nitrogen and oxygen atoms in total. The van der Waals surface area contributed by atoms with Gasteiger partial charge in [-0.2, -0.15) is 0 Å². The number of halogens is 1. The van der Waals surface area contributed by atoms with Crippen LogP contribution in [0.4, 0.5) is 0 Å². The summed E-state index contributed by atoms with van der Waals surface area (Å²) in [4.78, 5) is 0. The lowest BCUT2D eigenvalue weighted by atomic mass is 9.65. The molecule has 3 aliphatic carbocycles. The van der Waals surface area contributed by atoms with Gasteiger partial charge >= 0.3 is 0 Å². The Balaban J connectivity index is 2.06. The van der Waals surface area contributed by atoms with Crippen molar-refractivity contribution in [2.45, 2.75) is 36.4 Å². The molecule has 0 radical (unpaired) electrons. The van der Waals surface area contributed by atoms with Gasteiger partial charge < -0.3 is 0 Å². The van der Waals surface area contributed by atoms with Gasteiger partial charge in [-0.3, -0.25) is 0 Å². The molecule has 0 aromatic rings. The lowest BCUT2D eigenvalue weighted by molar-refractivity contribution is 0.154. The normalized spacial score (nSPS) is 52.9. The third-order valence-electron chi connectivity index (χ3n) is 2.55. The zero-order valence-corrected chi connectivity index (χ0v) is 6.58. The van der Waals surface area contributed by atoms with Crippen LogP contribution in [0.1, 0.15) is 32.1 Å². The standard InChI is InChI=1S/C7H11Br/c8-7-3-1-2-6(4-7)5-7/h6H,1-5H2. The van der Waals surface area contributed by atoms with Gasteiger partial charge in [0, 0.05) is 4.32 Å². The minimum Gasteiger partial charge on any atom is -0.0853 e. The third kappa shape index (κ3) is 0.637. The summed E-state index contributed by atoms with van der Waals surface area (Å²) in [5.74, 6) is 1.10. The number of alkyl halides is 1. The average Bonchev–Trinajstić information content (AvgIpc) is 1.63. The molecule has 46 valence electrons. The zero-order chi connectivity index (χ0) is 5.61. The molecule has 3 fully saturated rings. The molecule has 0 amide bonds. The fraction of sp³-hybridized carbons (Fsp3) is 1.00. The average molecular weight is 175 g/mol. The van der Waals surface area contributed by atoms with Crippen LogP contribution in [0.5, 0.6) is 0 Å². The molecule has 3 aliphatic rings. The minimum absolute atomic E-state index is 0.635. The van der Waals surface area contributed by atoms with Crippen LogP contribution in [0.15, 0.2) is 0 Å². The van der Waals surface area contributed by atoms with Gasteiger partial charge in [-0.1, -0.05) is 28.8 Å². The van der Waals surface area contributed by atoms with E-state index >= 15 is 0 Å². The second-order valence-electron chi connectivity index (χ2n) is 3.32. The van der Waals surface area contributed by atoms with E-state index in [2.05, 4.69) is 15.9 Å². The van der Waals surface area contributed by atoms with Crippen LogP contribution in [0.3, 0.4) is 0 Å². The second kappa shape index (κ2) is 1.50. The topological polar surface area (TPSA) is 0 Å². The van der Waals surface area contributed by atoms with Gasteiger partial charge in [0.2, 0.25) is 0 Å². The van der Waals surface area contributed by atoms with Gasteiger partial charge in [-0.05, 0) is 25.2 Å². The Morgan fingerprint density at radius 2 is 2.12 bits per heavy atom. The quantitative estimate of drug-likeness (QED) is 0.496. The first-order valence-electron chi connectivity index (χ1n) is 3.47. The Bertz CT molecular complexity index is 97.4. The Hall–Kier alpha value is 0.480. The van der Waals surface area contributed by atoms with Gasteiger partial charge in [0.15, 0.2) is 0 Å². The Labute approximate surface area is 58.8 Å². The molecule has 3 saturated carbocycles. The summed E-state index contributed by atoms with van der Waals surface area (Å²) in [6.45, 7) is 0. The first kappa shape index (κ1) is 5.28. The fourth-order valence-corrected chi connectivity index (χ4v) is 3.29. The smallest absolute Gasteiger partial charge is 0.0263 e. The summed E-state index contributed by atoms with van der Waals surface area (Å²) >= 11 is 3.76. The molecule has 0 heterocycles. The van der Waals surface area contributed by atoms with E-state index in [0.717, 1.165) is 5.92 Å². The van der Waals surface area contributed by atoms with Crippen LogP contribution < -0.4 is 0 Å². The second-order valence-corrected chi connectivity index (χ2v) is 5.00. The first-order valence-corrected chi connectivity index (χ1v) is 4.27. The molecule has 0 atom stereocenters. The highest BCUT2D eigenvalue weighted by Gasteiger charge is 2.44. The molecule has 0 spiro atoms. The number of hydrogen-bond donors (Lipinski definition) is 0. The molecule has 8 heavy (non-hydrogen) atoms. The van der Waals surface area contributed by atoms with Crippen LogP contribution in [-0.2, 0) is 0 Å². The fourth-order valence-electron chi connectivity index (χ4n) is 2.09. The predicted octanol–water partition coefficient (Wildman–Crippen LogP) is 2.71. The van der Waals surface area contributed by atoms with E-state index in [1.807, 2.05) is 0 Å². The molecule has 3 rings (SSSR count). The summed E-state index contributed by atoms with van der Waals surface area (Å²) in [7, 11) is 0. The Morgan fingerprint density at radius 3 is 2.38 bits per heavy atom. The van der Waals surface area contributed by atoms with Crippen molar-refractivity contribution >= 4 is 15.9 Å². The van der Waals surface area contributed by atoms with Gasteiger partial charge in [-0.25, -0.2) is 0 Å². The van der Waals surface area contributed by atoms with E-state index in [-0.39, 0.29) is 0 Å². The summed E-state index contributed by atoms with van der Waals surface area (Å²) in [5, 5.41) is 0. The molecule has 0 N–H and O–H groups in total. The van der Waals surface area contributed by atoms with Gasteiger partial charge in [0.05, 0.1) is 0 Å². The van der Waals surface area contributed by atoms with Crippen LogP contribution in [0, 0.1) is 5.92 Å². The zero-order valence-electron chi connectivity index (χ0n) is 4.99. The summed E-state index contributed by atoms with van der Waals surface area (Å²) in [6.07, 6.45) is 7.34. The van der Waals surface area contributed by atoms with Gasteiger partial charge in [0.1, 0.15) is 0 Å². The number of rotatable bonds is 0. The Kier molecular flexibility index (Phi) is 0.989. The first-order chi connectivity index (χ1) is 3.79. The number of hydrogen-bond acceptors (Lipinski definition) is 0. The molecule has 1 heteroatoms. The SMILES string of the molecule is BrC12CCCC(C1)C2. The molecular weight excluding hydrogens is 164 g/mol. The molecule has 0 aliphatic heterocycles. The lowest BCUT2D eigenvalue weighted by Crippen LogP contribution is -2.42. The van der Waals surface area contributed by atoms with E-state index in [1.54, 1.807) is 0 Å². The van der Waals surface area contributed by atoms with E-state index in [4.69, 9.17) is 0 Å². The Morgan fingerprint density at radius 1 is 1.38 bits per heavy atom. The summed E-state index contributed by atoms with van der Waals surface area (Å²) < 4.78 is 0.635. The minimum atomic E-state index is 0.635. The number of fused-ring (bicyclic) bond motifs is 2. The maximum atomic E-state index is 3.76. The lowest BCUT2D eigenvalue weighted by Gasteiger charge is -2.48. The summed E-state index contributed by atoms with van der Waals surface area (Å²) in [6, 6.07) is 0. The van der Waals surface area contributed by atoms with Crippen LogP contribution in [0.25, 0.3) is 0 Å². The molecule has 0 aromatic carbocycles. The highest BCUT2D eigenvalue weighted by atomic mass is 79.9. The molecule has 2 bridgehead atoms. The maximum Gasteiger partial charge on any atom is 0.0263 e. The van der Waals surface area contributed by atoms with Gasteiger partial charge in [0.25, 0.3) is 0 Å². The molecule has 0 saturated heterocycles. The maximum absolute atomic E-state index is 3.76. The summed E-state index contributed by atoms with van der Waals surface area (Å²) in [5.41, 5.74) is 0. The highest BCUT2D eigenvalue weighted by molar-refractivity contribution is 9.10. The van der Waals surface area contributed by atoms with Crippen molar-refractivity contribution in [2.24, 2.45) is 5.92 Å². The largest absolute Gasteiger partial charge is 0.0853 e. The predicted molar refractivity (Wildman–Crippen MR) is 38.2 cm³/mol. The van der Waals surface area contributed by atoms with Crippen molar-refractivity contribution < 1.29 is 0 Å². The van der Waals surface area contributed by atoms with E-state index in [1.165, 1.54) is 32.1 Å². The van der Waals surface area contributed by atoms with Crippen molar-refractivity contribution in [3.8, 4) is 0 Å². The van der Waals surface area contributed by atoms with Crippen molar-refractivity contribution in [2.75, 3.05) is 0 Å². The van der Waals surface area contributed by atoms with Crippen molar-refractivity contribution in [1.82, 2.24) is 0 Å². The third-order valence-corrected chi connectivity index (χ3v) is 3.59. The highest BCUT2D eigenvalue weighted by Crippen LogP contribution is 2.54. The molecule has 0 aromatic heterocycles. The van der Waals surface area contributed by atoms with Crippen LogP contribution in [-0.4, -0.2) is 4.32 Å². The van der Waals surface area contributed by atoms with Crippen molar-refractivity contribution in [1.29, 1.82) is 0 Å². The molecule has 0 unspecified atom stereocenters. The van der Waals surface area contributed by atoms with E-state index in [0.29, 0.717) is 4.32 Å². The van der Waals surface area contributed by atoms with E-state index < -0.39 is 0 Å².